The van der Waals surface area contributed by atoms with E-state index < -0.39 is 6.10 Å². The molecule has 1 N–H and O–H groups in total. The Kier molecular flexibility index (Phi) is 2.85. The number of hydrogen-bond acceptors (Lipinski definition) is 3. The van der Waals surface area contributed by atoms with Gasteiger partial charge in [-0.3, -0.25) is 9.69 Å². The van der Waals surface area contributed by atoms with Crippen molar-refractivity contribution in [2.75, 3.05) is 19.6 Å². The van der Waals surface area contributed by atoms with Crippen LogP contribution in [0.15, 0.2) is 0 Å². The van der Waals surface area contributed by atoms with Crippen LogP contribution in [-0.2, 0) is 4.79 Å². The SMILES string of the molecule is O=C1[C@@H](O)CC[C@@H]2[C@H]3CCCN4CCC[C@H](CN12)[C@@H]34. The molecule has 4 nitrogen and oxygen atoms in total. The van der Waals surface area contributed by atoms with Crippen LogP contribution in [0.4, 0.5) is 0 Å². The van der Waals surface area contributed by atoms with E-state index >= 15 is 0 Å². The molecule has 0 unspecified atom stereocenters. The Morgan fingerprint density at radius 3 is 2.68 bits per heavy atom. The van der Waals surface area contributed by atoms with E-state index in [4.69, 9.17) is 0 Å². The maximum atomic E-state index is 12.3. The number of carbonyl (C=O) groups is 1. The number of piperidine rings is 4. The summed E-state index contributed by atoms with van der Waals surface area (Å²) in [4.78, 5) is 17.0. The highest BCUT2D eigenvalue weighted by molar-refractivity contribution is 5.82. The van der Waals surface area contributed by atoms with Gasteiger partial charge in [0.2, 0.25) is 0 Å². The van der Waals surface area contributed by atoms with Crippen molar-refractivity contribution in [1.29, 1.82) is 0 Å². The first-order valence-electron chi connectivity index (χ1n) is 7.98. The molecule has 0 aromatic carbocycles. The Labute approximate surface area is 114 Å². The normalized spacial score (nSPS) is 46.7. The van der Waals surface area contributed by atoms with E-state index in [0.717, 1.165) is 19.0 Å². The van der Waals surface area contributed by atoms with Crippen LogP contribution in [0.5, 0.6) is 0 Å². The molecular formula is C15H24N2O2. The summed E-state index contributed by atoms with van der Waals surface area (Å²) >= 11 is 0. The van der Waals surface area contributed by atoms with E-state index in [9.17, 15) is 9.90 Å². The number of amides is 1. The van der Waals surface area contributed by atoms with Crippen LogP contribution in [0.3, 0.4) is 0 Å². The molecule has 4 heteroatoms. The maximum absolute atomic E-state index is 12.3. The molecule has 0 aliphatic carbocycles. The molecule has 4 aliphatic heterocycles. The zero-order valence-corrected chi connectivity index (χ0v) is 11.5. The van der Waals surface area contributed by atoms with E-state index in [-0.39, 0.29) is 5.91 Å². The fraction of sp³-hybridized carbons (Fsp3) is 0.933. The van der Waals surface area contributed by atoms with Crippen LogP contribution in [0.1, 0.15) is 38.5 Å². The van der Waals surface area contributed by atoms with Gasteiger partial charge in [0, 0.05) is 18.6 Å². The molecule has 4 heterocycles. The van der Waals surface area contributed by atoms with Gasteiger partial charge >= 0.3 is 0 Å². The van der Waals surface area contributed by atoms with Gasteiger partial charge in [0.15, 0.2) is 0 Å². The fourth-order valence-corrected chi connectivity index (χ4v) is 5.26. The summed E-state index contributed by atoms with van der Waals surface area (Å²) in [5.41, 5.74) is 0. The first kappa shape index (κ1) is 12.2. The molecule has 0 spiro atoms. The Balaban J connectivity index is 1.65. The lowest BCUT2D eigenvalue weighted by Gasteiger charge is -2.58. The van der Waals surface area contributed by atoms with Gasteiger partial charge in [0.25, 0.3) is 5.91 Å². The van der Waals surface area contributed by atoms with E-state index in [0.29, 0.717) is 24.3 Å². The van der Waals surface area contributed by atoms with Crippen LogP contribution in [0.25, 0.3) is 0 Å². The molecule has 0 saturated carbocycles. The Bertz CT molecular complexity index is 384. The minimum atomic E-state index is -0.726. The quantitative estimate of drug-likeness (QED) is 0.705. The van der Waals surface area contributed by atoms with Crippen molar-refractivity contribution in [3.63, 3.8) is 0 Å². The monoisotopic (exact) mass is 264 g/mol. The van der Waals surface area contributed by atoms with E-state index in [1.165, 1.54) is 38.8 Å². The Morgan fingerprint density at radius 1 is 1.05 bits per heavy atom. The number of fused-ring (bicyclic) bond motifs is 2. The molecule has 19 heavy (non-hydrogen) atoms. The van der Waals surface area contributed by atoms with Gasteiger partial charge in [-0.05, 0) is 63.5 Å². The third-order valence-corrected chi connectivity index (χ3v) is 5.98. The molecule has 0 bridgehead atoms. The molecule has 4 saturated heterocycles. The van der Waals surface area contributed by atoms with Crippen LogP contribution >= 0.6 is 0 Å². The number of rotatable bonds is 0. The van der Waals surface area contributed by atoms with Crippen LogP contribution in [0, 0.1) is 11.8 Å². The second-order valence-corrected chi connectivity index (χ2v) is 6.89. The second kappa shape index (κ2) is 4.45. The topological polar surface area (TPSA) is 43.8 Å². The highest BCUT2D eigenvalue weighted by Gasteiger charge is 2.51. The van der Waals surface area contributed by atoms with Gasteiger partial charge < -0.3 is 10.0 Å². The first-order chi connectivity index (χ1) is 9.25. The molecule has 0 aromatic rings. The Morgan fingerprint density at radius 2 is 1.84 bits per heavy atom. The maximum Gasteiger partial charge on any atom is 0.251 e. The molecule has 4 aliphatic rings. The van der Waals surface area contributed by atoms with Crippen molar-refractivity contribution in [2.24, 2.45) is 11.8 Å². The summed E-state index contributed by atoms with van der Waals surface area (Å²) < 4.78 is 0. The average Bonchev–Trinajstić information content (AvgIpc) is 2.44. The van der Waals surface area contributed by atoms with Crippen molar-refractivity contribution in [3.8, 4) is 0 Å². The van der Waals surface area contributed by atoms with Crippen molar-refractivity contribution in [2.45, 2.75) is 56.7 Å². The summed E-state index contributed by atoms with van der Waals surface area (Å²) in [6.07, 6.45) is 6.07. The molecule has 4 fully saturated rings. The third kappa shape index (κ3) is 1.76. The predicted octanol–water partition coefficient (Wildman–Crippen LogP) is 0.842. The molecule has 0 aromatic heterocycles. The average molecular weight is 264 g/mol. The lowest BCUT2D eigenvalue weighted by molar-refractivity contribution is -0.162. The molecule has 4 rings (SSSR count). The molecule has 5 atom stereocenters. The van der Waals surface area contributed by atoms with Gasteiger partial charge in [-0.25, -0.2) is 0 Å². The lowest BCUT2D eigenvalue weighted by Crippen LogP contribution is -2.67. The zero-order chi connectivity index (χ0) is 13.0. The van der Waals surface area contributed by atoms with Crippen LogP contribution in [0.2, 0.25) is 0 Å². The minimum absolute atomic E-state index is 0.0115. The highest BCUT2D eigenvalue weighted by atomic mass is 16.3. The van der Waals surface area contributed by atoms with Crippen LogP contribution < -0.4 is 0 Å². The van der Waals surface area contributed by atoms with Gasteiger partial charge in [-0.1, -0.05) is 0 Å². The summed E-state index contributed by atoms with van der Waals surface area (Å²) in [5, 5.41) is 9.84. The number of carbonyl (C=O) groups excluding carboxylic acids is 1. The van der Waals surface area contributed by atoms with Crippen molar-refractivity contribution < 1.29 is 9.90 Å². The summed E-state index contributed by atoms with van der Waals surface area (Å²) in [7, 11) is 0. The van der Waals surface area contributed by atoms with Crippen LogP contribution in [-0.4, -0.2) is 58.6 Å². The number of hydrogen-bond donors (Lipinski definition) is 1. The number of aliphatic hydroxyl groups excluding tert-OH is 1. The lowest BCUT2D eigenvalue weighted by atomic mass is 9.68. The molecular weight excluding hydrogens is 240 g/mol. The smallest absolute Gasteiger partial charge is 0.251 e. The largest absolute Gasteiger partial charge is 0.383 e. The molecule has 1 amide bonds. The van der Waals surface area contributed by atoms with Crippen molar-refractivity contribution in [1.82, 2.24) is 9.80 Å². The van der Waals surface area contributed by atoms with Gasteiger partial charge in [-0.2, -0.15) is 0 Å². The summed E-state index contributed by atoms with van der Waals surface area (Å²) in [5.74, 6) is 1.34. The van der Waals surface area contributed by atoms with Gasteiger partial charge in [0.05, 0.1) is 0 Å². The van der Waals surface area contributed by atoms with Crippen molar-refractivity contribution in [3.05, 3.63) is 0 Å². The van der Waals surface area contributed by atoms with Gasteiger partial charge in [-0.15, -0.1) is 0 Å². The standard InChI is InChI=1S/C15H24N2O2/c18-13-6-5-12-11-4-2-8-16-7-1-3-10(14(11)16)9-17(12)15(13)19/h10-14,18H,1-9H2/t10-,11-,12-,13+,14+/m1/s1. The fourth-order valence-electron chi connectivity index (χ4n) is 5.26. The highest BCUT2D eigenvalue weighted by Crippen LogP contribution is 2.44. The Hall–Kier alpha value is -0.610. The van der Waals surface area contributed by atoms with Gasteiger partial charge in [0.1, 0.15) is 6.10 Å². The van der Waals surface area contributed by atoms with Crippen molar-refractivity contribution >= 4 is 5.91 Å². The van der Waals surface area contributed by atoms with E-state index in [1.54, 1.807) is 0 Å². The zero-order valence-electron chi connectivity index (χ0n) is 11.5. The first-order valence-corrected chi connectivity index (χ1v) is 7.98. The molecule has 106 valence electrons. The second-order valence-electron chi connectivity index (χ2n) is 6.89. The minimum Gasteiger partial charge on any atom is -0.383 e. The van der Waals surface area contributed by atoms with E-state index in [2.05, 4.69) is 9.80 Å². The summed E-state index contributed by atoms with van der Waals surface area (Å²) in [6, 6.07) is 1.14. The number of aliphatic hydroxyl groups is 1. The van der Waals surface area contributed by atoms with E-state index in [1.807, 2.05) is 0 Å². The predicted molar refractivity (Wildman–Crippen MR) is 71.6 cm³/mol. The summed E-state index contributed by atoms with van der Waals surface area (Å²) in [6.45, 7) is 3.43. The number of nitrogens with zero attached hydrogens (tertiary/aromatic N) is 2. The third-order valence-electron chi connectivity index (χ3n) is 5.98. The molecule has 0 radical (unpaired) electrons.